The Morgan fingerprint density at radius 3 is 1.30 bits per heavy atom. The van der Waals surface area contributed by atoms with Gasteiger partial charge in [0, 0.05) is 28.2 Å². The van der Waals surface area contributed by atoms with Crippen molar-refractivity contribution < 1.29 is 22.9 Å². The van der Waals surface area contributed by atoms with Crippen LogP contribution in [0.4, 0.5) is 17.1 Å². The van der Waals surface area contributed by atoms with E-state index in [0.717, 1.165) is 33.4 Å². The summed E-state index contributed by atoms with van der Waals surface area (Å²) in [5.41, 5.74) is 28.4. The van der Waals surface area contributed by atoms with Crippen LogP contribution in [0.3, 0.4) is 0 Å². The first-order chi connectivity index (χ1) is 30.3. The number of fused-ring (bicyclic) bond motifs is 6. The Labute approximate surface area is 367 Å². The van der Waals surface area contributed by atoms with Gasteiger partial charge in [0.15, 0.2) is 0 Å². The van der Waals surface area contributed by atoms with E-state index in [1.54, 1.807) is 12.1 Å². The van der Waals surface area contributed by atoms with Crippen molar-refractivity contribution in [3.05, 3.63) is 210 Å². The first-order valence-electron chi connectivity index (χ1n) is 20.7. The van der Waals surface area contributed by atoms with Gasteiger partial charge >= 0.3 is 0 Å². The molecule has 0 amide bonds. The van der Waals surface area contributed by atoms with Crippen molar-refractivity contribution >= 4 is 42.4 Å². The fraction of sp³-hybridized carbons (Fsp3) is 0.0943. The van der Waals surface area contributed by atoms with Crippen LogP contribution in [0.2, 0.25) is 0 Å². The van der Waals surface area contributed by atoms with Crippen molar-refractivity contribution in [1.29, 1.82) is 0 Å². The van der Waals surface area contributed by atoms with Crippen molar-refractivity contribution in [2.45, 2.75) is 31.1 Å². The van der Waals surface area contributed by atoms with E-state index in [0.29, 0.717) is 67.4 Å². The van der Waals surface area contributed by atoms with Gasteiger partial charge in [-0.2, -0.15) is 0 Å². The van der Waals surface area contributed by atoms with E-state index in [1.165, 1.54) is 0 Å². The fourth-order valence-electron chi connectivity index (χ4n) is 9.44. The Bertz CT molecular complexity index is 2990. The van der Waals surface area contributed by atoms with Gasteiger partial charge < -0.3 is 31.0 Å². The number of hydrogen-bond donors (Lipinski definition) is 3. The molecule has 0 aromatic heterocycles. The lowest BCUT2D eigenvalue weighted by Gasteiger charge is -2.42. The second-order valence-electron chi connectivity index (χ2n) is 16.5. The molecule has 2 aliphatic heterocycles. The molecule has 0 saturated carbocycles. The lowest BCUT2D eigenvalue weighted by molar-refractivity contribution is 0.462. The number of nitrogen functional groups attached to an aromatic ring is 3. The minimum Gasteiger partial charge on any atom is -0.457 e. The lowest BCUT2D eigenvalue weighted by atomic mass is 9.90. The summed E-state index contributed by atoms with van der Waals surface area (Å²) in [5.74, 6) is 2.20. The Hall–Kier alpha value is -6.98. The Morgan fingerprint density at radius 1 is 0.460 bits per heavy atom. The van der Waals surface area contributed by atoms with Gasteiger partial charge in [0.25, 0.3) is 14.7 Å². The minimum atomic E-state index is -3.84. The quantitative estimate of drug-likeness (QED) is 0.101. The number of ether oxygens (including phenoxy) is 1. The zero-order valence-corrected chi connectivity index (χ0v) is 36.8. The van der Waals surface area contributed by atoms with E-state index in [1.807, 2.05) is 191 Å². The van der Waals surface area contributed by atoms with Crippen LogP contribution in [0.25, 0.3) is 22.3 Å². The smallest absolute Gasteiger partial charge is 0.292 e. The molecule has 4 unspecified atom stereocenters. The van der Waals surface area contributed by atoms with Crippen molar-refractivity contribution in [2.24, 2.45) is 0 Å². The summed E-state index contributed by atoms with van der Waals surface area (Å²) in [5, 5.41) is -1.22. The molecule has 8 aromatic carbocycles. The zero-order chi connectivity index (χ0) is 43.7. The summed E-state index contributed by atoms with van der Waals surface area (Å²) in [6.45, 7) is 5.86. The van der Waals surface area contributed by atoms with Gasteiger partial charge in [0.2, 0.25) is 0 Å². The fourth-order valence-corrected chi connectivity index (χ4v) is 15.4. The molecule has 4 atom stereocenters. The van der Waals surface area contributed by atoms with Gasteiger partial charge in [-0.1, -0.05) is 115 Å². The number of rotatable bonds is 8. The van der Waals surface area contributed by atoms with Gasteiger partial charge in [-0.05, 0) is 126 Å². The molecule has 312 valence electrons. The first kappa shape index (κ1) is 40.1. The number of para-hydroxylation sites is 2. The summed E-state index contributed by atoms with van der Waals surface area (Å²) < 4.78 is 51.9. The molecule has 10 heteroatoms. The molecule has 0 aliphatic carbocycles. The summed E-state index contributed by atoms with van der Waals surface area (Å²) in [4.78, 5) is 0. The van der Waals surface area contributed by atoms with Gasteiger partial charge in [-0.3, -0.25) is 9.13 Å². The molecule has 8 nitrogen and oxygen atoms in total. The number of nitrogens with two attached hydrogens (primary N) is 3. The van der Waals surface area contributed by atoms with Crippen LogP contribution in [0, 0.1) is 6.92 Å². The first-order valence-corrected chi connectivity index (χ1v) is 24.0. The molecule has 0 spiro atoms. The van der Waals surface area contributed by atoms with Gasteiger partial charge in [0.05, 0.1) is 10.6 Å². The van der Waals surface area contributed by atoms with Crippen molar-refractivity contribution in [3.8, 4) is 45.3 Å². The maximum absolute atomic E-state index is 16.0. The Kier molecular flexibility index (Phi) is 9.45. The largest absolute Gasteiger partial charge is 0.457 e. The van der Waals surface area contributed by atoms with Crippen LogP contribution in [-0.4, -0.2) is 0 Å². The average Bonchev–Trinajstić information content (AvgIpc) is 3.29. The molecule has 0 bridgehead atoms. The highest BCUT2D eigenvalue weighted by Gasteiger charge is 2.56. The van der Waals surface area contributed by atoms with Crippen LogP contribution in [0.5, 0.6) is 23.0 Å². The second-order valence-corrected chi connectivity index (χ2v) is 21.9. The summed E-state index contributed by atoms with van der Waals surface area (Å²) in [6, 6.07) is 57.1. The molecule has 0 fully saturated rings. The van der Waals surface area contributed by atoms with Crippen molar-refractivity contribution in [3.63, 3.8) is 0 Å². The molecule has 10 rings (SSSR count). The van der Waals surface area contributed by atoms with Crippen LogP contribution in [0.15, 0.2) is 182 Å². The normalized spacial score (nSPS) is 19.0. The highest BCUT2D eigenvalue weighted by atomic mass is 31.2. The molecule has 0 radical (unpaired) electrons. The molecular weight excluding hydrogens is 821 g/mol. The monoisotopic (exact) mass is 865 g/mol. The number of hydrogen-bond acceptors (Lipinski definition) is 8. The average molecular weight is 866 g/mol. The number of anilines is 3. The van der Waals surface area contributed by atoms with E-state index in [2.05, 4.69) is 0 Å². The predicted molar refractivity (Wildman–Crippen MR) is 256 cm³/mol. The molecule has 8 aromatic rings. The van der Waals surface area contributed by atoms with Gasteiger partial charge in [0.1, 0.15) is 33.3 Å². The zero-order valence-electron chi connectivity index (χ0n) is 35.0. The molecule has 63 heavy (non-hydrogen) atoms. The van der Waals surface area contributed by atoms with Crippen LogP contribution >= 0.6 is 14.7 Å². The number of benzene rings is 8. The van der Waals surface area contributed by atoms with Gasteiger partial charge in [-0.15, -0.1) is 0 Å². The maximum Gasteiger partial charge on any atom is 0.292 e. The van der Waals surface area contributed by atoms with Crippen molar-refractivity contribution in [2.75, 3.05) is 17.2 Å². The van der Waals surface area contributed by atoms with E-state index in [-0.39, 0.29) is 0 Å². The maximum atomic E-state index is 16.0. The van der Waals surface area contributed by atoms with Crippen molar-refractivity contribution in [1.82, 2.24) is 0 Å². The third-order valence-electron chi connectivity index (χ3n) is 12.8. The highest BCUT2D eigenvalue weighted by molar-refractivity contribution is 7.69. The Morgan fingerprint density at radius 2 is 0.857 bits per heavy atom. The second kappa shape index (κ2) is 14.8. The number of aryl methyl sites for hydroxylation is 1. The summed E-state index contributed by atoms with van der Waals surface area (Å²) in [6.07, 6.45) is 0. The topological polar surface area (TPSA) is 140 Å². The molecule has 0 saturated heterocycles. The van der Waals surface area contributed by atoms with E-state index < -0.39 is 25.0 Å². The van der Waals surface area contributed by atoms with E-state index in [9.17, 15) is 0 Å². The standard InChI is InChI=1S/C53H45N3O5P2/c1-34-20-30-44(46(55)32-34)52(2,62(57)50-18-10-6-14-42(50)40-12-4-8-16-48(40)60-62)35-21-26-38(27-22-35)59-39-28-23-36(24-29-39)53(3,45-31-25-37(54)33-47(45)56)63(58)51-19-11-7-15-43(51)41-13-5-9-17-49(41)61-63/h4-33H,54-56H2,1-3H3. The SMILES string of the molecule is Cc1ccc(C(C)(c2ccc(Oc3ccc(C(C)(c4ccc(N)cc4N)P4(=O)Oc5ccccc5-c5ccccc54)cc3)cc2)P2(=O)Oc3ccccc3-c3ccccc32)c(N)c1. The van der Waals surface area contributed by atoms with Gasteiger partial charge in [-0.25, -0.2) is 0 Å². The highest BCUT2D eigenvalue weighted by Crippen LogP contribution is 2.71. The third kappa shape index (κ3) is 6.12. The minimum absolute atomic E-state index is 0.404. The summed E-state index contributed by atoms with van der Waals surface area (Å²) in [7, 11) is -7.64. The molecular formula is C53H45N3O5P2. The third-order valence-corrected chi connectivity index (χ3v) is 19.1. The Balaban J connectivity index is 1.03. The van der Waals surface area contributed by atoms with Crippen LogP contribution in [0.1, 0.15) is 41.7 Å². The van der Waals surface area contributed by atoms with E-state index >= 15 is 9.13 Å². The summed E-state index contributed by atoms with van der Waals surface area (Å²) >= 11 is 0. The lowest BCUT2D eigenvalue weighted by Crippen LogP contribution is -2.35. The molecule has 2 heterocycles. The molecule has 6 N–H and O–H groups in total. The molecule has 2 aliphatic rings. The van der Waals surface area contributed by atoms with Crippen LogP contribution in [-0.2, 0) is 19.4 Å². The predicted octanol–water partition coefficient (Wildman–Crippen LogP) is 12.4. The van der Waals surface area contributed by atoms with Crippen LogP contribution < -0.4 is 41.6 Å². The van der Waals surface area contributed by atoms with E-state index in [4.69, 9.17) is 31.0 Å².